The summed E-state index contributed by atoms with van der Waals surface area (Å²) in [7, 11) is 0. The molecule has 1 aliphatic rings. The maximum atomic E-state index is 2.63. The highest BCUT2D eigenvalue weighted by Gasteiger charge is 2.23. The van der Waals surface area contributed by atoms with E-state index in [4.69, 9.17) is 0 Å². The Hall–Kier alpha value is -0.0400. The molecule has 0 spiro atoms. The molecule has 0 aromatic heterocycles. The zero-order valence-corrected chi connectivity index (χ0v) is 8.84. The quantitative estimate of drug-likeness (QED) is 0.625. The van der Waals surface area contributed by atoms with E-state index in [2.05, 4.69) is 25.7 Å². The predicted molar refractivity (Wildman–Crippen MR) is 54.3 cm³/mol. The van der Waals surface area contributed by atoms with Crippen LogP contribution in [0.2, 0.25) is 0 Å². The van der Waals surface area contributed by atoms with Crippen molar-refractivity contribution in [3.8, 4) is 0 Å². The molecule has 1 saturated heterocycles. The Morgan fingerprint density at radius 1 is 1.42 bits per heavy atom. The minimum Gasteiger partial charge on any atom is -0.303 e. The highest BCUT2D eigenvalue weighted by atomic mass is 15.1. The molecule has 1 rings (SSSR count). The minimum atomic E-state index is 0.886. The average Bonchev–Trinajstić information content (AvgIpc) is 2.48. The Morgan fingerprint density at radius 3 is 2.67 bits per heavy atom. The van der Waals surface area contributed by atoms with Crippen molar-refractivity contribution in [2.45, 2.75) is 40.0 Å². The van der Waals surface area contributed by atoms with E-state index in [0.29, 0.717) is 0 Å². The lowest BCUT2D eigenvalue weighted by molar-refractivity contribution is 0.299. The Kier molecular flexibility index (Phi) is 4.07. The fraction of sp³-hybridized carbons (Fsp3) is 1.00. The van der Waals surface area contributed by atoms with Crippen LogP contribution in [0.25, 0.3) is 0 Å². The van der Waals surface area contributed by atoms with Gasteiger partial charge in [-0.3, -0.25) is 0 Å². The largest absolute Gasteiger partial charge is 0.303 e. The molecule has 1 aliphatic heterocycles. The van der Waals surface area contributed by atoms with Crippen molar-refractivity contribution < 1.29 is 0 Å². The van der Waals surface area contributed by atoms with Crippen molar-refractivity contribution >= 4 is 0 Å². The van der Waals surface area contributed by atoms with Crippen molar-refractivity contribution in [2.75, 3.05) is 19.6 Å². The molecule has 1 heterocycles. The van der Waals surface area contributed by atoms with Gasteiger partial charge in [0.25, 0.3) is 0 Å². The van der Waals surface area contributed by atoms with Crippen LogP contribution >= 0.6 is 0 Å². The van der Waals surface area contributed by atoms with E-state index >= 15 is 0 Å². The Morgan fingerprint density at radius 2 is 2.17 bits per heavy atom. The average molecular weight is 169 g/mol. The maximum Gasteiger partial charge on any atom is 0.00126 e. The van der Waals surface area contributed by atoms with Crippen molar-refractivity contribution in [1.29, 1.82) is 0 Å². The molecule has 1 fully saturated rings. The first kappa shape index (κ1) is 10.0. The number of unbranched alkanes of at least 4 members (excludes halogenated alkanes) is 1. The lowest BCUT2D eigenvalue weighted by Crippen LogP contribution is -2.22. The second kappa shape index (κ2) is 4.86. The molecular weight excluding hydrogens is 146 g/mol. The first-order valence-corrected chi connectivity index (χ1v) is 5.46. The van der Waals surface area contributed by atoms with Crippen LogP contribution in [-0.2, 0) is 0 Å². The molecule has 0 aliphatic carbocycles. The van der Waals surface area contributed by atoms with Gasteiger partial charge in [0.05, 0.1) is 0 Å². The first-order chi connectivity index (χ1) is 5.74. The normalized spacial score (nSPS) is 25.5. The Bertz CT molecular complexity index is 120. The van der Waals surface area contributed by atoms with Gasteiger partial charge in [-0.15, -0.1) is 0 Å². The van der Waals surface area contributed by atoms with Crippen molar-refractivity contribution in [1.82, 2.24) is 4.90 Å². The summed E-state index contributed by atoms with van der Waals surface area (Å²) in [4.78, 5) is 2.63. The molecule has 1 unspecified atom stereocenters. The van der Waals surface area contributed by atoms with Gasteiger partial charge in [0.15, 0.2) is 0 Å². The highest BCUT2D eigenvalue weighted by Crippen LogP contribution is 2.23. The summed E-state index contributed by atoms with van der Waals surface area (Å²) in [5.41, 5.74) is 0. The summed E-state index contributed by atoms with van der Waals surface area (Å²) < 4.78 is 0. The topological polar surface area (TPSA) is 3.24 Å². The molecule has 1 nitrogen and oxygen atoms in total. The first-order valence-electron chi connectivity index (χ1n) is 5.46. The van der Waals surface area contributed by atoms with Gasteiger partial charge in [0.2, 0.25) is 0 Å². The third-order valence-corrected chi connectivity index (χ3v) is 3.08. The molecule has 0 bridgehead atoms. The van der Waals surface area contributed by atoms with E-state index in [9.17, 15) is 0 Å². The molecule has 0 radical (unpaired) electrons. The fourth-order valence-electron chi connectivity index (χ4n) is 1.99. The molecule has 0 aromatic rings. The zero-order chi connectivity index (χ0) is 8.97. The van der Waals surface area contributed by atoms with Gasteiger partial charge in [-0.2, -0.15) is 0 Å². The number of hydrogen-bond donors (Lipinski definition) is 0. The third kappa shape index (κ3) is 2.78. The lowest BCUT2D eigenvalue weighted by Gasteiger charge is -2.17. The molecule has 0 saturated carbocycles. The van der Waals surface area contributed by atoms with Crippen LogP contribution in [0, 0.1) is 11.8 Å². The van der Waals surface area contributed by atoms with Crippen LogP contribution in [0.5, 0.6) is 0 Å². The van der Waals surface area contributed by atoms with Crippen molar-refractivity contribution in [3.63, 3.8) is 0 Å². The Labute approximate surface area is 77.1 Å². The second-order valence-electron chi connectivity index (χ2n) is 4.45. The van der Waals surface area contributed by atoms with Gasteiger partial charge < -0.3 is 4.90 Å². The molecule has 1 heteroatoms. The van der Waals surface area contributed by atoms with E-state index in [1.807, 2.05) is 0 Å². The van der Waals surface area contributed by atoms with Crippen LogP contribution in [-0.4, -0.2) is 24.5 Å². The molecule has 0 N–H and O–H groups in total. The van der Waals surface area contributed by atoms with Gasteiger partial charge in [0.1, 0.15) is 0 Å². The van der Waals surface area contributed by atoms with E-state index in [1.165, 1.54) is 38.9 Å². The number of likely N-dealkylation sites (tertiary alicyclic amines) is 1. The summed E-state index contributed by atoms with van der Waals surface area (Å²) in [5, 5.41) is 0. The van der Waals surface area contributed by atoms with Crippen molar-refractivity contribution in [3.05, 3.63) is 0 Å². The fourth-order valence-corrected chi connectivity index (χ4v) is 1.99. The lowest BCUT2D eigenvalue weighted by atomic mass is 9.95. The van der Waals surface area contributed by atoms with E-state index in [-0.39, 0.29) is 0 Å². The summed E-state index contributed by atoms with van der Waals surface area (Å²) in [6.45, 7) is 11.0. The summed E-state index contributed by atoms with van der Waals surface area (Å²) in [6, 6.07) is 0. The molecule has 1 atom stereocenters. The highest BCUT2D eigenvalue weighted by molar-refractivity contribution is 4.77. The molecule has 72 valence electrons. The molecule has 12 heavy (non-hydrogen) atoms. The predicted octanol–water partition coefficient (Wildman–Crippen LogP) is 2.76. The molecular formula is C11H23N. The van der Waals surface area contributed by atoms with E-state index in [1.54, 1.807) is 0 Å². The number of rotatable bonds is 4. The maximum absolute atomic E-state index is 2.63. The minimum absolute atomic E-state index is 0.886. The zero-order valence-electron chi connectivity index (χ0n) is 8.84. The molecule has 0 aromatic carbocycles. The van der Waals surface area contributed by atoms with Gasteiger partial charge in [-0.25, -0.2) is 0 Å². The van der Waals surface area contributed by atoms with Gasteiger partial charge in [0, 0.05) is 6.54 Å². The number of hydrogen-bond acceptors (Lipinski definition) is 1. The number of nitrogens with zero attached hydrogens (tertiary/aromatic N) is 1. The van der Waals surface area contributed by atoms with Crippen LogP contribution < -0.4 is 0 Å². The summed E-state index contributed by atoms with van der Waals surface area (Å²) in [6.07, 6.45) is 4.15. The third-order valence-electron chi connectivity index (χ3n) is 3.08. The smallest absolute Gasteiger partial charge is 0.00126 e. The monoisotopic (exact) mass is 169 g/mol. The van der Waals surface area contributed by atoms with Crippen LogP contribution in [0.1, 0.15) is 40.0 Å². The SMILES string of the molecule is CCCCN1CCC(C(C)C)C1. The van der Waals surface area contributed by atoms with Crippen LogP contribution in [0.15, 0.2) is 0 Å². The van der Waals surface area contributed by atoms with Gasteiger partial charge in [-0.05, 0) is 37.8 Å². The van der Waals surface area contributed by atoms with Crippen molar-refractivity contribution in [2.24, 2.45) is 11.8 Å². The van der Waals surface area contributed by atoms with Gasteiger partial charge >= 0.3 is 0 Å². The van der Waals surface area contributed by atoms with E-state index < -0.39 is 0 Å². The van der Waals surface area contributed by atoms with Crippen LogP contribution in [0.3, 0.4) is 0 Å². The van der Waals surface area contributed by atoms with E-state index in [0.717, 1.165) is 11.8 Å². The van der Waals surface area contributed by atoms with Crippen LogP contribution in [0.4, 0.5) is 0 Å². The summed E-state index contributed by atoms with van der Waals surface area (Å²) in [5.74, 6) is 1.86. The Balaban J connectivity index is 2.17. The standard InChI is InChI=1S/C11H23N/c1-4-5-7-12-8-6-11(9-12)10(2)3/h10-11H,4-9H2,1-3H3. The van der Waals surface area contributed by atoms with Gasteiger partial charge in [-0.1, -0.05) is 27.2 Å². The molecule has 0 amide bonds. The summed E-state index contributed by atoms with van der Waals surface area (Å²) >= 11 is 0. The second-order valence-corrected chi connectivity index (χ2v) is 4.45.